The SMILES string of the molecule is CSC1CCCC(NC(=O)c2cc(C(C)=O)c[nH]2)C1. The van der Waals surface area contributed by atoms with Gasteiger partial charge in [-0.3, -0.25) is 9.59 Å². The fraction of sp³-hybridized carbons (Fsp3) is 0.571. The quantitative estimate of drug-likeness (QED) is 0.833. The molecule has 1 aromatic heterocycles. The van der Waals surface area contributed by atoms with Gasteiger partial charge in [-0.2, -0.15) is 11.8 Å². The third-order valence-electron chi connectivity index (χ3n) is 3.63. The minimum Gasteiger partial charge on any atom is -0.356 e. The highest BCUT2D eigenvalue weighted by Gasteiger charge is 2.23. The average molecular weight is 280 g/mol. The van der Waals surface area contributed by atoms with Crippen LogP contribution in [0.1, 0.15) is 53.5 Å². The van der Waals surface area contributed by atoms with Crippen LogP contribution in [0.4, 0.5) is 0 Å². The number of Topliss-reactive ketones (excluding diaryl/α,β-unsaturated/α-hetero) is 1. The van der Waals surface area contributed by atoms with Crippen LogP contribution in [-0.4, -0.2) is 34.2 Å². The summed E-state index contributed by atoms with van der Waals surface area (Å²) in [5, 5.41) is 3.71. The van der Waals surface area contributed by atoms with Gasteiger partial charge < -0.3 is 10.3 Å². The Morgan fingerprint density at radius 3 is 2.84 bits per heavy atom. The lowest BCUT2D eigenvalue weighted by molar-refractivity contribution is 0.0924. The molecule has 2 atom stereocenters. The smallest absolute Gasteiger partial charge is 0.267 e. The molecule has 0 saturated heterocycles. The number of amides is 1. The zero-order chi connectivity index (χ0) is 13.8. The van der Waals surface area contributed by atoms with E-state index in [1.807, 2.05) is 11.8 Å². The summed E-state index contributed by atoms with van der Waals surface area (Å²) in [6, 6.07) is 1.87. The Kier molecular flexibility index (Phi) is 4.69. The lowest BCUT2D eigenvalue weighted by Crippen LogP contribution is -2.39. The molecule has 1 aliphatic rings. The van der Waals surface area contributed by atoms with Crippen molar-refractivity contribution in [2.24, 2.45) is 0 Å². The molecule has 2 N–H and O–H groups in total. The fourth-order valence-electron chi connectivity index (χ4n) is 2.48. The van der Waals surface area contributed by atoms with Gasteiger partial charge in [-0.15, -0.1) is 0 Å². The molecule has 0 bridgehead atoms. The molecule has 0 aromatic carbocycles. The highest BCUT2D eigenvalue weighted by Crippen LogP contribution is 2.27. The van der Waals surface area contributed by atoms with E-state index in [1.165, 1.54) is 19.8 Å². The Morgan fingerprint density at radius 2 is 2.21 bits per heavy atom. The summed E-state index contributed by atoms with van der Waals surface area (Å²) in [4.78, 5) is 26.1. The molecule has 1 aliphatic carbocycles. The zero-order valence-corrected chi connectivity index (χ0v) is 12.2. The molecule has 1 aromatic rings. The molecule has 19 heavy (non-hydrogen) atoms. The third-order valence-corrected chi connectivity index (χ3v) is 4.72. The summed E-state index contributed by atoms with van der Waals surface area (Å²) in [5.74, 6) is -0.144. The van der Waals surface area contributed by atoms with Gasteiger partial charge in [-0.05, 0) is 38.5 Å². The molecular formula is C14H20N2O2S. The van der Waals surface area contributed by atoms with E-state index in [-0.39, 0.29) is 17.7 Å². The van der Waals surface area contributed by atoms with Crippen LogP contribution in [-0.2, 0) is 0 Å². The van der Waals surface area contributed by atoms with Crippen molar-refractivity contribution >= 4 is 23.5 Å². The van der Waals surface area contributed by atoms with Crippen molar-refractivity contribution in [3.8, 4) is 0 Å². The largest absolute Gasteiger partial charge is 0.356 e. The second-order valence-electron chi connectivity index (χ2n) is 5.05. The number of hydrogen-bond donors (Lipinski definition) is 2. The summed E-state index contributed by atoms with van der Waals surface area (Å²) in [5.41, 5.74) is 1.02. The van der Waals surface area contributed by atoms with Crippen molar-refractivity contribution in [3.05, 3.63) is 23.5 Å². The van der Waals surface area contributed by atoms with E-state index in [4.69, 9.17) is 0 Å². The minimum absolute atomic E-state index is 0.0320. The number of H-pyrrole nitrogens is 1. The Labute approximate surface area is 117 Å². The molecule has 0 radical (unpaired) electrons. The first-order chi connectivity index (χ1) is 9.10. The number of aromatic nitrogens is 1. The summed E-state index contributed by atoms with van der Waals surface area (Å²) < 4.78 is 0. The van der Waals surface area contributed by atoms with Crippen molar-refractivity contribution in [2.75, 3.05) is 6.26 Å². The topological polar surface area (TPSA) is 62.0 Å². The van der Waals surface area contributed by atoms with Crippen LogP contribution in [0, 0.1) is 0 Å². The molecule has 1 saturated carbocycles. The number of rotatable bonds is 4. The summed E-state index contributed by atoms with van der Waals surface area (Å²) >= 11 is 1.88. The monoisotopic (exact) mass is 280 g/mol. The first-order valence-electron chi connectivity index (χ1n) is 6.63. The molecule has 5 heteroatoms. The van der Waals surface area contributed by atoms with Gasteiger partial charge in [0.2, 0.25) is 0 Å². The number of nitrogens with one attached hydrogen (secondary N) is 2. The van der Waals surface area contributed by atoms with Gasteiger partial charge in [0.25, 0.3) is 5.91 Å². The van der Waals surface area contributed by atoms with E-state index >= 15 is 0 Å². The summed E-state index contributed by atoms with van der Waals surface area (Å²) in [6.45, 7) is 1.50. The molecule has 2 rings (SSSR count). The summed E-state index contributed by atoms with van der Waals surface area (Å²) in [6.07, 6.45) is 8.20. The van der Waals surface area contributed by atoms with Crippen LogP contribution in [0.15, 0.2) is 12.3 Å². The second kappa shape index (κ2) is 6.28. The Hall–Kier alpha value is -1.23. The van der Waals surface area contributed by atoms with Crippen LogP contribution >= 0.6 is 11.8 Å². The maximum Gasteiger partial charge on any atom is 0.267 e. The molecule has 4 nitrogen and oxygen atoms in total. The number of carbonyl (C=O) groups excluding carboxylic acids is 2. The first-order valence-corrected chi connectivity index (χ1v) is 7.92. The lowest BCUT2D eigenvalue weighted by atomic mass is 9.95. The van der Waals surface area contributed by atoms with E-state index < -0.39 is 0 Å². The minimum atomic E-state index is -0.112. The molecule has 0 spiro atoms. The molecule has 104 valence electrons. The molecule has 1 amide bonds. The fourth-order valence-corrected chi connectivity index (χ4v) is 3.31. The van der Waals surface area contributed by atoms with Crippen molar-refractivity contribution in [2.45, 2.75) is 43.9 Å². The summed E-state index contributed by atoms with van der Waals surface area (Å²) in [7, 11) is 0. The van der Waals surface area contributed by atoms with Gasteiger partial charge in [-0.25, -0.2) is 0 Å². The molecule has 0 aliphatic heterocycles. The van der Waals surface area contributed by atoms with Gasteiger partial charge in [0.1, 0.15) is 5.69 Å². The van der Waals surface area contributed by atoms with E-state index in [2.05, 4.69) is 16.6 Å². The third kappa shape index (κ3) is 3.62. The van der Waals surface area contributed by atoms with Gasteiger partial charge in [0.05, 0.1) is 0 Å². The predicted octanol–water partition coefficient (Wildman–Crippen LogP) is 2.62. The van der Waals surface area contributed by atoms with Crippen molar-refractivity contribution in [1.29, 1.82) is 0 Å². The second-order valence-corrected chi connectivity index (χ2v) is 6.19. The molecule has 2 unspecified atom stereocenters. The molecule has 1 fully saturated rings. The number of hydrogen-bond acceptors (Lipinski definition) is 3. The maximum atomic E-state index is 12.1. The van der Waals surface area contributed by atoms with Gasteiger partial charge >= 0.3 is 0 Å². The number of ketones is 1. The number of carbonyl (C=O) groups is 2. The normalized spacial score (nSPS) is 23.1. The van der Waals surface area contributed by atoms with E-state index in [0.29, 0.717) is 16.5 Å². The van der Waals surface area contributed by atoms with Crippen LogP contribution in [0.5, 0.6) is 0 Å². The Morgan fingerprint density at radius 1 is 1.42 bits per heavy atom. The van der Waals surface area contributed by atoms with Crippen LogP contribution in [0.2, 0.25) is 0 Å². The van der Waals surface area contributed by atoms with E-state index in [9.17, 15) is 9.59 Å². The Bertz CT molecular complexity index is 470. The first kappa shape index (κ1) is 14.2. The maximum absolute atomic E-state index is 12.1. The zero-order valence-electron chi connectivity index (χ0n) is 11.4. The Balaban J connectivity index is 1.94. The highest BCUT2D eigenvalue weighted by atomic mass is 32.2. The van der Waals surface area contributed by atoms with Gasteiger partial charge in [0.15, 0.2) is 5.78 Å². The standard InChI is InChI=1S/C14H20N2O2S/c1-9(17)10-6-13(15-8-10)14(18)16-11-4-3-5-12(7-11)19-2/h6,8,11-12,15H,3-5,7H2,1-2H3,(H,16,18). The van der Waals surface area contributed by atoms with E-state index in [1.54, 1.807) is 12.3 Å². The van der Waals surface area contributed by atoms with Crippen LogP contribution < -0.4 is 5.32 Å². The van der Waals surface area contributed by atoms with Crippen molar-refractivity contribution < 1.29 is 9.59 Å². The van der Waals surface area contributed by atoms with Crippen LogP contribution in [0.25, 0.3) is 0 Å². The number of aromatic amines is 1. The number of thioether (sulfide) groups is 1. The lowest BCUT2D eigenvalue weighted by Gasteiger charge is -2.28. The van der Waals surface area contributed by atoms with Crippen molar-refractivity contribution in [1.82, 2.24) is 10.3 Å². The van der Waals surface area contributed by atoms with Crippen molar-refractivity contribution in [3.63, 3.8) is 0 Å². The van der Waals surface area contributed by atoms with E-state index in [0.717, 1.165) is 12.8 Å². The predicted molar refractivity (Wildman–Crippen MR) is 77.8 cm³/mol. The van der Waals surface area contributed by atoms with Gasteiger partial charge in [-0.1, -0.05) is 6.42 Å². The molecule has 1 heterocycles. The highest BCUT2D eigenvalue weighted by molar-refractivity contribution is 7.99. The van der Waals surface area contributed by atoms with Gasteiger partial charge in [0, 0.05) is 23.1 Å². The average Bonchev–Trinajstić information content (AvgIpc) is 2.89. The van der Waals surface area contributed by atoms with Crippen LogP contribution in [0.3, 0.4) is 0 Å². The molecular weight excluding hydrogens is 260 g/mol.